The number of hydrogen-bond donors (Lipinski definition) is 2. The topological polar surface area (TPSA) is 113 Å². The molecule has 4 N–H and O–H groups in total. The van der Waals surface area contributed by atoms with Gasteiger partial charge >= 0.3 is 12.0 Å². The highest BCUT2D eigenvalue weighted by Crippen LogP contribution is 2.19. The standard InChI is InChI=1S/C8H12N4O3/c1-3-15-8-11-5(7(13)14-2)4(9)6(10)12-8/h3,9H2,1-2H3,(H2,10,11,12). The Labute approximate surface area is 86.4 Å². The quantitative estimate of drug-likeness (QED) is 0.668. The van der Waals surface area contributed by atoms with Crippen LogP contribution in [0.15, 0.2) is 0 Å². The van der Waals surface area contributed by atoms with Crippen LogP contribution in [0.5, 0.6) is 6.01 Å². The van der Waals surface area contributed by atoms with Gasteiger partial charge in [-0.25, -0.2) is 4.79 Å². The number of anilines is 2. The van der Waals surface area contributed by atoms with Crippen LogP contribution < -0.4 is 16.2 Å². The number of nitrogen functional groups attached to an aromatic ring is 2. The molecule has 82 valence electrons. The summed E-state index contributed by atoms with van der Waals surface area (Å²) in [7, 11) is 1.22. The maximum Gasteiger partial charge on any atom is 0.359 e. The van der Waals surface area contributed by atoms with Crippen molar-refractivity contribution in [3.63, 3.8) is 0 Å². The Kier molecular flexibility index (Phi) is 3.27. The van der Waals surface area contributed by atoms with Gasteiger partial charge in [0, 0.05) is 0 Å². The van der Waals surface area contributed by atoms with Crippen molar-refractivity contribution in [3.05, 3.63) is 5.69 Å². The first-order valence-corrected chi connectivity index (χ1v) is 4.24. The van der Waals surface area contributed by atoms with E-state index in [2.05, 4.69) is 14.7 Å². The van der Waals surface area contributed by atoms with Gasteiger partial charge in [-0.05, 0) is 6.92 Å². The second kappa shape index (κ2) is 4.45. The molecule has 1 heterocycles. The first-order chi connectivity index (χ1) is 7.10. The Hall–Kier alpha value is -2.05. The molecule has 0 unspecified atom stereocenters. The SMILES string of the molecule is CCOc1nc(N)c(N)c(C(=O)OC)n1. The number of methoxy groups -OCH3 is 1. The smallest absolute Gasteiger partial charge is 0.359 e. The van der Waals surface area contributed by atoms with E-state index in [0.29, 0.717) is 6.61 Å². The lowest BCUT2D eigenvalue weighted by Crippen LogP contribution is -2.13. The Bertz CT molecular complexity index is 380. The van der Waals surface area contributed by atoms with Gasteiger partial charge in [0.2, 0.25) is 0 Å². The molecule has 0 aromatic carbocycles. The average molecular weight is 212 g/mol. The van der Waals surface area contributed by atoms with Gasteiger partial charge in [0.25, 0.3) is 0 Å². The van der Waals surface area contributed by atoms with E-state index < -0.39 is 5.97 Å². The summed E-state index contributed by atoms with van der Waals surface area (Å²) in [5.74, 6) is -0.684. The van der Waals surface area contributed by atoms with Gasteiger partial charge in [-0.15, -0.1) is 0 Å². The van der Waals surface area contributed by atoms with Crippen molar-refractivity contribution < 1.29 is 14.3 Å². The molecular formula is C8H12N4O3. The summed E-state index contributed by atoms with van der Waals surface area (Å²) >= 11 is 0. The van der Waals surface area contributed by atoms with Crippen molar-refractivity contribution in [1.82, 2.24) is 9.97 Å². The van der Waals surface area contributed by atoms with E-state index in [1.54, 1.807) is 6.92 Å². The molecule has 0 fully saturated rings. The Morgan fingerprint density at radius 3 is 2.60 bits per heavy atom. The summed E-state index contributed by atoms with van der Waals surface area (Å²) < 4.78 is 9.50. The summed E-state index contributed by atoms with van der Waals surface area (Å²) in [5, 5.41) is 0. The zero-order chi connectivity index (χ0) is 11.4. The molecule has 0 spiro atoms. The molecule has 7 heteroatoms. The van der Waals surface area contributed by atoms with Crippen LogP contribution in [0.1, 0.15) is 17.4 Å². The molecule has 0 amide bonds. The third-order valence-electron chi connectivity index (χ3n) is 1.61. The van der Waals surface area contributed by atoms with Crippen LogP contribution >= 0.6 is 0 Å². The van der Waals surface area contributed by atoms with Gasteiger partial charge in [0.05, 0.1) is 13.7 Å². The van der Waals surface area contributed by atoms with Crippen molar-refractivity contribution in [2.75, 3.05) is 25.2 Å². The molecule has 0 bridgehead atoms. The van der Waals surface area contributed by atoms with Crippen molar-refractivity contribution in [1.29, 1.82) is 0 Å². The lowest BCUT2D eigenvalue weighted by molar-refractivity contribution is 0.0593. The number of hydrogen-bond acceptors (Lipinski definition) is 7. The van der Waals surface area contributed by atoms with E-state index >= 15 is 0 Å². The van der Waals surface area contributed by atoms with E-state index in [0.717, 1.165) is 0 Å². The number of ether oxygens (including phenoxy) is 2. The molecule has 0 saturated heterocycles. The van der Waals surface area contributed by atoms with Crippen molar-refractivity contribution >= 4 is 17.5 Å². The number of nitrogens with zero attached hydrogens (tertiary/aromatic N) is 2. The minimum Gasteiger partial charge on any atom is -0.464 e. The second-order valence-corrected chi connectivity index (χ2v) is 2.58. The van der Waals surface area contributed by atoms with Crippen LogP contribution in [0.25, 0.3) is 0 Å². The summed E-state index contributed by atoms with van der Waals surface area (Å²) in [6.45, 7) is 2.12. The first-order valence-electron chi connectivity index (χ1n) is 4.24. The van der Waals surface area contributed by atoms with Gasteiger partial charge in [-0.2, -0.15) is 9.97 Å². The van der Waals surface area contributed by atoms with E-state index in [9.17, 15) is 4.79 Å². The molecule has 0 aliphatic heterocycles. The van der Waals surface area contributed by atoms with Crippen LogP contribution in [0.3, 0.4) is 0 Å². The first kappa shape index (κ1) is 11.0. The third kappa shape index (κ3) is 2.25. The van der Waals surface area contributed by atoms with Gasteiger partial charge in [0.15, 0.2) is 11.5 Å². The summed E-state index contributed by atoms with van der Waals surface area (Å²) in [5.41, 5.74) is 10.9. The van der Waals surface area contributed by atoms with Crippen LogP contribution in [-0.4, -0.2) is 29.7 Å². The third-order valence-corrected chi connectivity index (χ3v) is 1.61. The van der Waals surface area contributed by atoms with E-state index in [-0.39, 0.29) is 23.2 Å². The molecule has 7 nitrogen and oxygen atoms in total. The van der Waals surface area contributed by atoms with Crippen LogP contribution in [-0.2, 0) is 4.74 Å². The predicted octanol–water partition coefficient (Wildman–Crippen LogP) is -0.174. The van der Waals surface area contributed by atoms with E-state index in [1.165, 1.54) is 7.11 Å². The van der Waals surface area contributed by atoms with Gasteiger partial charge in [-0.3, -0.25) is 0 Å². The highest BCUT2D eigenvalue weighted by atomic mass is 16.5. The number of esters is 1. The molecule has 0 radical (unpaired) electrons. The molecule has 1 rings (SSSR count). The van der Waals surface area contributed by atoms with Gasteiger partial charge in [0.1, 0.15) is 5.69 Å². The molecular weight excluding hydrogens is 200 g/mol. The monoisotopic (exact) mass is 212 g/mol. The molecule has 1 aromatic rings. The fraction of sp³-hybridized carbons (Fsp3) is 0.375. The molecule has 0 atom stereocenters. The zero-order valence-corrected chi connectivity index (χ0v) is 8.48. The van der Waals surface area contributed by atoms with Crippen LogP contribution in [0.4, 0.5) is 11.5 Å². The number of aromatic nitrogens is 2. The fourth-order valence-corrected chi connectivity index (χ4v) is 0.911. The largest absolute Gasteiger partial charge is 0.464 e. The molecule has 15 heavy (non-hydrogen) atoms. The number of carbonyl (C=O) groups is 1. The van der Waals surface area contributed by atoms with E-state index in [1.807, 2.05) is 0 Å². The van der Waals surface area contributed by atoms with Gasteiger partial charge < -0.3 is 20.9 Å². The lowest BCUT2D eigenvalue weighted by atomic mass is 10.3. The van der Waals surface area contributed by atoms with Crippen molar-refractivity contribution in [2.45, 2.75) is 6.92 Å². The second-order valence-electron chi connectivity index (χ2n) is 2.58. The fourth-order valence-electron chi connectivity index (χ4n) is 0.911. The Balaban J connectivity index is 3.18. The van der Waals surface area contributed by atoms with Crippen LogP contribution in [0, 0.1) is 0 Å². The Morgan fingerprint density at radius 1 is 1.40 bits per heavy atom. The summed E-state index contributed by atoms with van der Waals surface area (Å²) in [6.07, 6.45) is 0. The number of carbonyl (C=O) groups excluding carboxylic acids is 1. The maximum absolute atomic E-state index is 11.2. The normalized spacial score (nSPS) is 9.73. The average Bonchev–Trinajstić information content (AvgIpc) is 2.22. The predicted molar refractivity (Wildman–Crippen MR) is 53.4 cm³/mol. The maximum atomic E-state index is 11.2. The zero-order valence-electron chi connectivity index (χ0n) is 8.48. The highest BCUT2D eigenvalue weighted by Gasteiger charge is 2.17. The van der Waals surface area contributed by atoms with Crippen LogP contribution in [0.2, 0.25) is 0 Å². The minimum absolute atomic E-state index is 0.00426. The molecule has 0 saturated carbocycles. The van der Waals surface area contributed by atoms with E-state index in [4.69, 9.17) is 16.2 Å². The number of rotatable bonds is 3. The Morgan fingerprint density at radius 2 is 2.07 bits per heavy atom. The summed E-state index contributed by atoms with van der Waals surface area (Å²) in [4.78, 5) is 18.8. The van der Waals surface area contributed by atoms with Crippen molar-refractivity contribution in [2.24, 2.45) is 0 Å². The summed E-state index contributed by atoms with van der Waals surface area (Å²) in [6, 6.07) is 0.00426. The highest BCUT2D eigenvalue weighted by molar-refractivity contribution is 5.95. The number of nitrogens with two attached hydrogens (primary N) is 2. The molecule has 0 aliphatic carbocycles. The minimum atomic E-state index is -0.678. The molecule has 0 aliphatic rings. The van der Waals surface area contributed by atoms with Gasteiger partial charge in [-0.1, -0.05) is 0 Å². The molecule has 1 aromatic heterocycles. The van der Waals surface area contributed by atoms with Crippen molar-refractivity contribution in [3.8, 4) is 6.01 Å². The lowest BCUT2D eigenvalue weighted by Gasteiger charge is -2.07.